The van der Waals surface area contributed by atoms with Gasteiger partial charge < -0.3 is 14.6 Å². The SMILES string of the molecule is c1cc2c(cc1OC1CCCCC1)c1c3n2CCN[C@H]3CCC1. The average molecular weight is 310 g/mol. The first-order valence-electron chi connectivity index (χ1n) is 9.45. The highest BCUT2D eigenvalue weighted by Gasteiger charge is 2.30. The smallest absolute Gasteiger partial charge is 0.120 e. The van der Waals surface area contributed by atoms with E-state index in [9.17, 15) is 0 Å². The molecule has 0 saturated heterocycles. The first kappa shape index (κ1) is 13.9. The maximum atomic E-state index is 6.31. The third-order valence-corrected chi connectivity index (χ3v) is 6.01. The molecule has 3 nitrogen and oxygen atoms in total. The molecule has 3 aliphatic rings. The second-order valence-corrected chi connectivity index (χ2v) is 7.47. The van der Waals surface area contributed by atoms with Gasteiger partial charge in [0.2, 0.25) is 0 Å². The summed E-state index contributed by atoms with van der Waals surface area (Å²) in [6.07, 6.45) is 10.7. The van der Waals surface area contributed by atoms with Crippen LogP contribution in [0.25, 0.3) is 10.9 Å². The fourth-order valence-corrected chi connectivity index (χ4v) is 4.94. The lowest BCUT2D eigenvalue weighted by molar-refractivity contribution is 0.155. The Morgan fingerprint density at radius 1 is 1.04 bits per heavy atom. The van der Waals surface area contributed by atoms with Crippen LogP contribution in [0.5, 0.6) is 5.75 Å². The van der Waals surface area contributed by atoms with E-state index in [0.717, 1.165) is 18.8 Å². The van der Waals surface area contributed by atoms with Gasteiger partial charge in [0.15, 0.2) is 0 Å². The number of aromatic nitrogens is 1. The largest absolute Gasteiger partial charge is 0.490 e. The van der Waals surface area contributed by atoms with Crippen LogP contribution >= 0.6 is 0 Å². The van der Waals surface area contributed by atoms with Crippen molar-refractivity contribution >= 4 is 10.9 Å². The number of ether oxygens (including phenoxy) is 1. The zero-order chi connectivity index (χ0) is 15.2. The number of nitrogens with one attached hydrogen (secondary N) is 1. The number of hydrogen-bond acceptors (Lipinski definition) is 2. The first-order valence-corrected chi connectivity index (χ1v) is 9.45. The Hall–Kier alpha value is -1.48. The van der Waals surface area contributed by atoms with Gasteiger partial charge in [-0.25, -0.2) is 0 Å². The molecule has 1 aromatic heterocycles. The van der Waals surface area contributed by atoms with Crippen LogP contribution in [0.1, 0.15) is 62.2 Å². The van der Waals surface area contributed by atoms with E-state index in [-0.39, 0.29) is 0 Å². The van der Waals surface area contributed by atoms with Crippen LogP contribution < -0.4 is 10.1 Å². The van der Waals surface area contributed by atoms with Crippen molar-refractivity contribution in [1.29, 1.82) is 0 Å². The topological polar surface area (TPSA) is 26.2 Å². The third-order valence-electron chi connectivity index (χ3n) is 6.01. The van der Waals surface area contributed by atoms with Gasteiger partial charge in [-0.15, -0.1) is 0 Å². The number of nitrogens with zero attached hydrogens (tertiary/aromatic N) is 1. The molecule has 1 saturated carbocycles. The van der Waals surface area contributed by atoms with Gasteiger partial charge in [-0.3, -0.25) is 0 Å². The van der Waals surface area contributed by atoms with Crippen LogP contribution in [0.4, 0.5) is 0 Å². The van der Waals surface area contributed by atoms with Gasteiger partial charge in [0.05, 0.1) is 6.10 Å². The molecule has 1 atom stereocenters. The quantitative estimate of drug-likeness (QED) is 0.893. The van der Waals surface area contributed by atoms with E-state index in [0.29, 0.717) is 12.1 Å². The summed E-state index contributed by atoms with van der Waals surface area (Å²) in [6, 6.07) is 7.40. The lowest BCUT2D eigenvalue weighted by Crippen LogP contribution is -2.35. The zero-order valence-electron chi connectivity index (χ0n) is 13.8. The molecule has 0 radical (unpaired) electrons. The van der Waals surface area contributed by atoms with Crippen molar-refractivity contribution in [2.75, 3.05) is 6.54 Å². The molecule has 3 heteroatoms. The van der Waals surface area contributed by atoms with Crippen LogP contribution in [-0.2, 0) is 13.0 Å². The van der Waals surface area contributed by atoms with E-state index in [4.69, 9.17) is 4.74 Å². The van der Waals surface area contributed by atoms with Crippen LogP contribution in [0.15, 0.2) is 18.2 Å². The van der Waals surface area contributed by atoms with Gasteiger partial charge in [0.25, 0.3) is 0 Å². The van der Waals surface area contributed by atoms with E-state index >= 15 is 0 Å². The molecule has 1 aromatic carbocycles. The molecule has 0 bridgehead atoms. The summed E-state index contributed by atoms with van der Waals surface area (Å²) in [6.45, 7) is 2.20. The van der Waals surface area contributed by atoms with Crippen molar-refractivity contribution in [3.8, 4) is 5.75 Å². The molecule has 23 heavy (non-hydrogen) atoms. The van der Waals surface area contributed by atoms with E-state index in [1.807, 2.05) is 0 Å². The highest BCUT2D eigenvalue weighted by molar-refractivity contribution is 5.87. The van der Waals surface area contributed by atoms with Crippen LogP contribution in [0, 0.1) is 0 Å². The van der Waals surface area contributed by atoms with Crippen molar-refractivity contribution in [3.05, 3.63) is 29.5 Å². The van der Waals surface area contributed by atoms with Crippen molar-refractivity contribution in [1.82, 2.24) is 9.88 Å². The predicted octanol–water partition coefficient (Wildman–Crippen LogP) is 4.33. The second-order valence-electron chi connectivity index (χ2n) is 7.47. The van der Waals surface area contributed by atoms with Crippen LogP contribution in [0.3, 0.4) is 0 Å². The Kier molecular flexibility index (Phi) is 3.36. The molecule has 0 spiro atoms. The van der Waals surface area contributed by atoms with Crippen LogP contribution in [0.2, 0.25) is 0 Å². The molecule has 1 aliphatic heterocycles. The van der Waals surface area contributed by atoms with Crippen LogP contribution in [-0.4, -0.2) is 17.2 Å². The molecular weight excluding hydrogens is 284 g/mol. The molecule has 2 aliphatic carbocycles. The summed E-state index contributed by atoms with van der Waals surface area (Å²) in [7, 11) is 0. The Labute approximate surface area is 138 Å². The molecule has 1 N–H and O–H groups in total. The van der Waals surface area contributed by atoms with Crippen molar-refractivity contribution in [2.45, 2.75) is 70.1 Å². The maximum absolute atomic E-state index is 6.31. The Morgan fingerprint density at radius 3 is 2.87 bits per heavy atom. The van der Waals surface area contributed by atoms with Gasteiger partial charge >= 0.3 is 0 Å². The molecule has 122 valence electrons. The fraction of sp³-hybridized carbons (Fsp3) is 0.600. The number of hydrogen-bond donors (Lipinski definition) is 1. The fourth-order valence-electron chi connectivity index (χ4n) is 4.94. The van der Waals surface area contributed by atoms with Gasteiger partial charge in [0, 0.05) is 35.7 Å². The Balaban J connectivity index is 1.55. The first-order chi connectivity index (χ1) is 11.4. The van der Waals surface area contributed by atoms with Crippen molar-refractivity contribution < 1.29 is 4.74 Å². The van der Waals surface area contributed by atoms with E-state index in [1.165, 1.54) is 62.3 Å². The molecule has 2 aromatic rings. The zero-order valence-corrected chi connectivity index (χ0v) is 13.8. The van der Waals surface area contributed by atoms with Gasteiger partial charge in [0.1, 0.15) is 5.75 Å². The second kappa shape index (κ2) is 5.55. The van der Waals surface area contributed by atoms with Crippen molar-refractivity contribution in [3.63, 3.8) is 0 Å². The highest BCUT2D eigenvalue weighted by atomic mass is 16.5. The summed E-state index contributed by atoms with van der Waals surface area (Å²) in [5.41, 5.74) is 4.56. The standard InChI is InChI=1S/C20H26N2O/c1-2-5-14(6-3-1)23-15-9-10-19-17(13-15)16-7-4-8-18-20(16)22(19)12-11-21-18/h9-10,13-14,18,21H,1-8,11-12H2/t18-/m0/s1. The predicted molar refractivity (Wildman–Crippen MR) is 93.1 cm³/mol. The summed E-state index contributed by atoms with van der Waals surface area (Å²) >= 11 is 0. The molecular formula is C20H26N2O. The molecule has 0 unspecified atom stereocenters. The maximum Gasteiger partial charge on any atom is 0.120 e. The Bertz CT molecular complexity index is 725. The molecule has 2 heterocycles. The highest BCUT2D eigenvalue weighted by Crippen LogP contribution is 2.40. The minimum Gasteiger partial charge on any atom is -0.490 e. The van der Waals surface area contributed by atoms with E-state index in [1.54, 1.807) is 11.3 Å². The lowest BCUT2D eigenvalue weighted by Gasteiger charge is -2.31. The van der Waals surface area contributed by atoms with Gasteiger partial charge in [-0.2, -0.15) is 0 Å². The Morgan fingerprint density at radius 2 is 1.96 bits per heavy atom. The summed E-state index contributed by atoms with van der Waals surface area (Å²) in [5.74, 6) is 1.08. The summed E-state index contributed by atoms with van der Waals surface area (Å²) in [4.78, 5) is 0. The lowest BCUT2D eigenvalue weighted by atomic mass is 9.91. The summed E-state index contributed by atoms with van der Waals surface area (Å²) in [5, 5.41) is 5.15. The van der Waals surface area contributed by atoms with Gasteiger partial charge in [-0.05, 0) is 68.7 Å². The molecule has 0 amide bonds. The average Bonchev–Trinajstić information content (AvgIpc) is 2.92. The molecule has 5 rings (SSSR count). The third kappa shape index (κ3) is 2.28. The number of benzene rings is 1. The number of fused-ring (bicyclic) bond motifs is 3. The normalized spacial score (nSPS) is 24.6. The monoisotopic (exact) mass is 310 g/mol. The number of aryl methyl sites for hydroxylation is 1. The minimum absolute atomic E-state index is 0.434. The minimum atomic E-state index is 0.434. The molecule has 1 fully saturated rings. The summed E-state index contributed by atoms with van der Waals surface area (Å²) < 4.78 is 8.88. The van der Waals surface area contributed by atoms with Gasteiger partial charge in [-0.1, -0.05) is 6.42 Å². The number of rotatable bonds is 2. The van der Waals surface area contributed by atoms with E-state index in [2.05, 4.69) is 28.1 Å². The van der Waals surface area contributed by atoms with E-state index < -0.39 is 0 Å². The van der Waals surface area contributed by atoms with Crippen molar-refractivity contribution in [2.24, 2.45) is 0 Å².